The Kier molecular flexibility index (Phi) is 6.75. The fraction of sp³-hybridized carbons (Fsp3) is 0.357. The number of esters is 1. The van der Waals surface area contributed by atoms with E-state index in [2.05, 4.69) is 6.58 Å². The summed E-state index contributed by atoms with van der Waals surface area (Å²) in [5.41, 5.74) is 1.14. The molecule has 0 saturated heterocycles. The molecule has 0 spiro atoms. The molecule has 0 unspecified atom stereocenters. The summed E-state index contributed by atoms with van der Waals surface area (Å²) in [4.78, 5) is 11.1. The highest BCUT2D eigenvalue weighted by molar-refractivity contribution is 5.69. The van der Waals surface area contributed by atoms with E-state index in [0.717, 1.165) is 5.56 Å². The number of ether oxygens (including phenoxy) is 2. The Morgan fingerprint density at radius 3 is 2.76 bits per heavy atom. The number of carbonyl (C=O) groups excluding carboxylic acids is 1. The van der Waals surface area contributed by atoms with Gasteiger partial charge in [0.15, 0.2) is 0 Å². The molecule has 1 rings (SSSR count). The van der Waals surface area contributed by atoms with Gasteiger partial charge in [-0.2, -0.15) is 0 Å². The summed E-state index contributed by atoms with van der Waals surface area (Å²) >= 11 is 0. The third kappa shape index (κ3) is 6.53. The summed E-state index contributed by atoms with van der Waals surface area (Å²) in [6.45, 7) is 4.91. The number of rotatable bonds is 8. The van der Waals surface area contributed by atoms with Crippen LogP contribution in [0.25, 0.3) is 0 Å². The van der Waals surface area contributed by atoms with Gasteiger partial charge in [-0.25, -0.2) is 0 Å². The molecule has 17 heavy (non-hydrogen) atoms. The Morgan fingerprint density at radius 2 is 2.06 bits per heavy atom. The smallest absolute Gasteiger partial charge is 0.306 e. The highest BCUT2D eigenvalue weighted by atomic mass is 16.5. The van der Waals surface area contributed by atoms with Crippen LogP contribution in [0.1, 0.15) is 18.4 Å². The predicted molar refractivity (Wildman–Crippen MR) is 66.5 cm³/mol. The number of hydrogen-bond donors (Lipinski definition) is 0. The van der Waals surface area contributed by atoms with Crippen molar-refractivity contribution in [1.29, 1.82) is 0 Å². The Bertz CT molecular complexity index is 333. The maximum absolute atomic E-state index is 11.1. The lowest BCUT2D eigenvalue weighted by Gasteiger charge is -2.04. The topological polar surface area (TPSA) is 35.5 Å². The zero-order valence-electron chi connectivity index (χ0n) is 9.93. The first kappa shape index (κ1) is 13.5. The quantitative estimate of drug-likeness (QED) is 0.394. The molecule has 0 fully saturated rings. The monoisotopic (exact) mass is 234 g/mol. The van der Waals surface area contributed by atoms with Gasteiger partial charge < -0.3 is 9.47 Å². The minimum atomic E-state index is -0.201. The molecule has 0 N–H and O–H groups in total. The fourth-order valence-corrected chi connectivity index (χ4v) is 1.31. The molecule has 0 aliphatic rings. The highest BCUT2D eigenvalue weighted by Crippen LogP contribution is 2.02. The third-order valence-corrected chi connectivity index (χ3v) is 2.14. The molecule has 0 aliphatic heterocycles. The molecule has 3 heteroatoms. The molecular weight excluding hydrogens is 216 g/mol. The van der Waals surface area contributed by atoms with Gasteiger partial charge in [0.2, 0.25) is 0 Å². The van der Waals surface area contributed by atoms with Gasteiger partial charge in [-0.05, 0) is 12.0 Å². The summed E-state index contributed by atoms with van der Waals surface area (Å²) in [6.07, 6.45) is 2.63. The van der Waals surface area contributed by atoms with Crippen LogP contribution in [0.3, 0.4) is 0 Å². The summed E-state index contributed by atoms with van der Waals surface area (Å²) in [5.74, 6) is -0.201. The lowest BCUT2D eigenvalue weighted by Crippen LogP contribution is -2.06. The summed E-state index contributed by atoms with van der Waals surface area (Å²) in [6, 6.07) is 9.95. The van der Waals surface area contributed by atoms with Crippen LogP contribution in [0.5, 0.6) is 0 Å². The molecule has 92 valence electrons. The number of carbonyl (C=O) groups is 1. The molecule has 0 radical (unpaired) electrons. The second kappa shape index (κ2) is 8.53. The Morgan fingerprint density at radius 1 is 1.29 bits per heavy atom. The van der Waals surface area contributed by atoms with Crippen molar-refractivity contribution in [2.24, 2.45) is 0 Å². The van der Waals surface area contributed by atoms with Crippen LogP contribution in [-0.4, -0.2) is 19.2 Å². The van der Waals surface area contributed by atoms with Gasteiger partial charge in [-0.3, -0.25) is 4.79 Å². The van der Waals surface area contributed by atoms with Crippen molar-refractivity contribution in [2.45, 2.75) is 19.4 Å². The van der Waals surface area contributed by atoms with E-state index < -0.39 is 0 Å². The van der Waals surface area contributed by atoms with E-state index in [4.69, 9.17) is 9.47 Å². The van der Waals surface area contributed by atoms with Crippen LogP contribution in [-0.2, 0) is 20.9 Å². The Hall–Kier alpha value is -1.61. The van der Waals surface area contributed by atoms with Gasteiger partial charge in [0.05, 0.1) is 6.61 Å². The van der Waals surface area contributed by atoms with Crippen LogP contribution in [0.4, 0.5) is 0 Å². The molecule has 0 aliphatic carbocycles. The third-order valence-electron chi connectivity index (χ3n) is 2.14. The van der Waals surface area contributed by atoms with Crippen LogP contribution in [0.2, 0.25) is 0 Å². The molecule has 0 atom stereocenters. The van der Waals surface area contributed by atoms with E-state index in [1.165, 1.54) is 0 Å². The second-order valence-corrected chi connectivity index (χ2v) is 3.61. The van der Waals surface area contributed by atoms with E-state index in [1.807, 2.05) is 30.3 Å². The maximum Gasteiger partial charge on any atom is 0.306 e. The minimum absolute atomic E-state index is 0.201. The second-order valence-electron chi connectivity index (χ2n) is 3.61. The SMILES string of the molecule is C=CCOC(=O)CCCOCc1ccccc1. The van der Waals surface area contributed by atoms with Crippen molar-refractivity contribution in [1.82, 2.24) is 0 Å². The summed E-state index contributed by atoms with van der Waals surface area (Å²) in [5, 5.41) is 0. The normalized spacial score (nSPS) is 9.88. The molecule has 0 amide bonds. The van der Waals surface area contributed by atoms with E-state index in [0.29, 0.717) is 26.1 Å². The van der Waals surface area contributed by atoms with Crippen molar-refractivity contribution in [3.05, 3.63) is 48.6 Å². The van der Waals surface area contributed by atoms with Crippen LogP contribution < -0.4 is 0 Å². The average molecular weight is 234 g/mol. The number of hydrogen-bond acceptors (Lipinski definition) is 3. The van der Waals surface area contributed by atoms with Crippen molar-refractivity contribution in [3.63, 3.8) is 0 Å². The Balaban J connectivity index is 2.01. The molecule has 0 bridgehead atoms. The zero-order valence-corrected chi connectivity index (χ0v) is 9.93. The lowest BCUT2D eigenvalue weighted by atomic mass is 10.2. The van der Waals surface area contributed by atoms with Gasteiger partial charge in [-0.1, -0.05) is 43.0 Å². The summed E-state index contributed by atoms with van der Waals surface area (Å²) in [7, 11) is 0. The first-order valence-electron chi connectivity index (χ1n) is 5.71. The predicted octanol–water partition coefficient (Wildman–Crippen LogP) is 2.71. The standard InChI is InChI=1S/C14H18O3/c1-2-10-17-14(15)9-6-11-16-12-13-7-4-3-5-8-13/h2-5,7-8H,1,6,9-12H2. The van der Waals surface area contributed by atoms with E-state index >= 15 is 0 Å². The zero-order chi connectivity index (χ0) is 12.3. The average Bonchev–Trinajstić information content (AvgIpc) is 2.37. The lowest BCUT2D eigenvalue weighted by molar-refractivity contribution is -0.142. The molecule has 1 aromatic carbocycles. The number of benzene rings is 1. The van der Waals surface area contributed by atoms with Crippen LogP contribution in [0.15, 0.2) is 43.0 Å². The van der Waals surface area contributed by atoms with Crippen LogP contribution >= 0.6 is 0 Å². The van der Waals surface area contributed by atoms with Crippen molar-refractivity contribution in [2.75, 3.05) is 13.2 Å². The highest BCUT2D eigenvalue weighted by Gasteiger charge is 2.01. The fourth-order valence-electron chi connectivity index (χ4n) is 1.31. The molecule has 1 aromatic rings. The van der Waals surface area contributed by atoms with Gasteiger partial charge in [-0.15, -0.1) is 0 Å². The molecule has 0 saturated carbocycles. The molecular formula is C14H18O3. The maximum atomic E-state index is 11.1. The van der Waals surface area contributed by atoms with E-state index in [-0.39, 0.29) is 12.6 Å². The first-order valence-corrected chi connectivity index (χ1v) is 5.71. The molecule has 0 aromatic heterocycles. The van der Waals surface area contributed by atoms with Crippen molar-refractivity contribution >= 4 is 5.97 Å². The Labute approximate surface area is 102 Å². The van der Waals surface area contributed by atoms with Crippen molar-refractivity contribution < 1.29 is 14.3 Å². The van der Waals surface area contributed by atoms with Gasteiger partial charge in [0.25, 0.3) is 0 Å². The largest absolute Gasteiger partial charge is 0.461 e. The first-order chi connectivity index (χ1) is 8.33. The molecule has 0 heterocycles. The van der Waals surface area contributed by atoms with E-state index in [1.54, 1.807) is 6.08 Å². The summed E-state index contributed by atoms with van der Waals surface area (Å²) < 4.78 is 10.3. The molecule has 3 nitrogen and oxygen atoms in total. The van der Waals surface area contributed by atoms with Crippen molar-refractivity contribution in [3.8, 4) is 0 Å². The van der Waals surface area contributed by atoms with Gasteiger partial charge >= 0.3 is 5.97 Å². The van der Waals surface area contributed by atoms with E-state index in [9.17, 15) is 4.79 Å². The van der Waals surface area contributed by atoms with Gasteiger partial charge in [0, 0.05) is 13.0 Å². The minimum Gasteiger partial charge on any atom is -0.461 e. The van der Waals surface area contributed by atoms with Crippen LogP contribution in [0, 0.1) is 0 Å². The van der Waals surface area contributed by atoms with Gasteiger partial charge in [0.1, 0.15) is 6.61 Å².